The number of benzene rings is 2. The number of para-hydroxylation sites is 2. The summed E-state index contributed by atoms with van der Waals surface area (Å²) in [5, 5.41) is 1.21. The Morgan fingerprint density at radius 3 is 2.59 bits per heavy atom. The molecule has 1 saturated heterocycles. The smallest absolute Gasteiger partial charge is 0.416 e. The van der Waals surface area contributed by atoms with Gasteiger partial charge in [0.2, 0.25) is 0 Å². The number of carbonyl (C=O) groups is 1. The molecule has 3 aromatic rings. The van der Waals surface area contributed by atoms with E-state index < -0.39 is 5.60 Å². The van der Waals surface area contributed by atoms with E-state index in [9.17, 15) is 4.79 Å². The second-order valence-electron chi connectivity index (χ2n) is 9.14. The van der Waals surface area contributed by atoms with Crippen molar-refractivity contribution in [3.05, 3.63) is 66.4 Å². The highest BCUT2D eigenvalue weighted by Gasteiger charge is 2.60. The van der Waals surface area contributed by atoms with E-state index in [0.29, 0.717) is 0 Å². The second kappa shape index (κ2) is 6.10. The van der Waals surface area contributed by atoms with E-state index >= 15 is 0 Å². The average molecular weight is 389 g/mol. The molecule has 2 aliphatic rings. The van der Waals surface area contributed by atoms with Crippen LogP contribution in [0.1, 0.15) is 32.8 Å². The van der Waals surface area contributed by atoms with Crippen LogP contribution in [0.2, 0.25) is 0 Å². The molecule has 5 heteroatoms. The fourth-order valence-corrected chi connectivity index (χ4v) is 5.14. The third kappa shape index (κ3) is 2.53. The van der Waals surface area contributed by atoms with Gasteiger partial charge in [0, 0.05) is 23.8 Å². The lowest BCUT2D eigenvalue weighted by Gasteiger charge is -2.37. The normalized spacial score (nSPS) is 24.0. The molecule has 0 N–H and O–H groups in total. The van der Waals surface area contributed by atoms with E-state index in [1.54, 1.807) is 0 Å². The van der Waals surface area contributed by atoms with Gasteiger partial charge < -0.3 is 9.30 Å². The van der Waals surface area contributed by atoms with Crippen molar-refractivity contribution < 1.29 is 9.53 Å². The van der Waals surface area contributed by atoms with Crippen molar-refractivity contribution in [1.82, 2.24) is 9.47 Å². The Balaban J connectivity index is 1.74. The number of aromatic nitrogens is 1. The number of fused-ring (bicyclic) bond motifs is 4. The number of rotatable bonds is 1. The Labute approximate surface area is 171 Å². The molecule has 0 spiro atoms. The lowest BCUT2D eigenvalue weighted by Crippen LogP contribution is -2.54. The predicted octanol–water partition coefficient (Wildman–Crippen LogP) is 4.80. The number of anilines is 1. The summed E-state index contributed by atoms with van der Waals surface area (Å²) < 4.78 is 8.21. The van der Waals surface area contributed by atoms with E-state index in [-0.39, 0.29) is 17.8 Å². The van der Waals surface area contributed by atoms with Crippen LogP contribution >= 0.6 is 0 Å². The molecule has 2 aliphatic heterocycles. The predicted molar refractivity (Wildman–Crippen MR) is 115 cm³/mol. The van der Waals surface area contributed by atoms with E-state index in [1.165, 1.54) is 16.5 Å². The lowest BCUT2D eigenvalue weighted by molar-refractivity contribution is 0.0521. The topological polar surface area (TPSA) is 37.7 Å². The molecule has 0 radical (unpaired) electrons. The quantitative estimate of drug-likeness (QED) is 0.600. The molecule has 1 aromatic heterocycles. The average Bonchev–Trinajstić information content (AvgIpc) is 3.32. The summed E-state index contributed by atoms with van der Waals surface area (Å²) in [6.45, 7) is 6.65. The van der Waals surface area contributed by atoms with Gasteiger partial charge in [0.15, 0.2) is 0 Å². The molecule has 2 atom stereocenters. The van der Waals surface area contributed by atoms with Crippen molar-refractivity contribution in [2.75, 3.05) is 18.5 Å². The van der Waals surface area contributed by atoms with E-state index in [4.69, 9.17) is 4.74 Å². The highest BCUT2D eigenvalue weighted by Crippen LogP contribution is 2.53. The molecular formula is C24H27N3O2. The maximum atomic E-state index is 13.4. The molecule has 5 rings (SSSR count). The van der Waals surface area contributed by atoms with Crippen LogP contribution in [0.15, 0.2) is 60.8 Å². The summed E-state index contributed by atoms with van der Waals surface area (Å²) in [6.07, 6.45) is 2.68. The van der Waals surface area contributed by atoms with Crippen LogP contribution in [0.5, 0.6) is 0 Å². The second-order valence-corrected chi connectivity index (χ2v) is 9.14. The van der Waals surface area contributed by atoms with Gasteiger partial charge in [-0.3, -0.25) is 9.80 Å². The Kier molecular flexibility index (Phi) is 3.84. The van der Waals surface area contributed by atoms with Crippen LogP contribution in [0.3, 0.4) is 0 Å². The van der Waals surface area contributed by atoms with E-state index in [0.717, 1.165) is 18.7 Å². The SMILES string of the molecule is CN1CC[C@]2(n3ccc4ccccc43)c3ccccc3N(C(=O)OC(C)(C)C)[C@H]12. The Morgan fingerprint density at radius 1 is 1.07 bits per heavy atom. The fraction of sp³-hybridized carbons (Fsp3) is 0.375. The van der Waals surface area contributed by atoms with Gasteiger partial charge in [0.25, 0.3) is 0 Å². The van der Waals surface area contributed by atoms with E-state index in [2.05, 4.69) is 65.2 Å². The number of amides is 1. The zero-order valence-corrected chi connectivity index (χ0v) is 17.4. The summed E-state index contributed by atoms with van der Waals surface area (Å²) in [5.41, 5.74) is 2.42. The molecule has 1 fully saturated rings. The third-order valence-corrected chi connectivity index (χ3v) is 6.18. The van der Waals surface area contributed by atoms with Gasteiger partial charge in [-0.25, -0.2) is 4.79 Å². The minimum atomic E-state index is -0.547. The molecule has 5 nitrogen and oxygen atoms in total. The first-order valence-electron chi connectivity index (χ1n) is 10.2. The molecule has 0 aliphatic carbocycles. The number of hydrogen-bond donors (Lipinski definition) is 0. The van der Waals surface area contributed by atoms with Gasteiger partial charge >= 0.3 is 6.09 Å². The van der Waals surface area contributed by atoms with Crippen LogP contribution in [-0.4, -0.2) is 40.9 Å². The Hall–Kier alpha value is -2.79. The van der Waals surface area contributed by atoms with E-state index in [1.807, 2.05) is 37.8 Å². The summed E-state index contributed by atoms with van der Waals surface area (Å²) in [5.74, 6) is 0. The van der Waals surface area contributed by atoms with Crippen molar-refractivity contribution >= 4 is 22.7 Å². The molecule has 2 aromatic carbocycles. The maximum Gasteiger partial charge on any atom is 0.416 e. The summed E-state index contributed by atoms with van der Waals surface area (Å²) in [4.78, 5) is 17.5. The number of likely N-dealkylation sites (tertiary alicyclic amines) is 1. The zero-order chi connectivity index (χ0) is 20.4. The molecule has 29 heavy (non-hydrogen) atoms. The Bertz CT molecular complexity index is 1100. The summed E-state index contributed by atoms with van der Waals surface area (Å²) in [7, 11) is 2.10. The molecule has 1 amide bonds. The number of hydrogen-bond acceptors (Lipinski definition) is 3. The molecule has 0 unspecified atom stereocenters. The zero-order valence-electron chi connectivity index (χ0n) is 17.4. The van der Waals surface area contributed by atoms with Crippen LogP contribution in [-0.2, 0) is 10.3 Å². The highest BCUT2D eigenvalue weighted by molar-refractivity contribution is 5.93. The number of likely N-dealkylation sites (N-methyl/N-ethyl adjacent to an activating group) is 1. The molecule has 150 valence electrons. The van der Waals surface area contributed by atoms with Crippen molar-refractivity contribution in [2.45, 2.75) is 44.5 Å². The van der Waals surface area contributed by atoms with Crippen molar-refractivity contribution in [1.29, 1.82) is 0 Å². The summed E-state index contributed by atoms with van der Waals surface area (Å²) >= 11 is 0. The van der Waals surface area contributed by atoms with Gasteiger partial charge in [-0.15, -0.1) is 0 Å². The largest absolute Gasteiger partial charge is 0.443 e. The van der Waals surface area contributed by atoms with Gasteiger partial charge in [0.1, 0.15) is 17.3 Å². The number of ether oxygens (including phenoxy) is 1. The van der Waals surface area contributed by atoms with Crippen molar-refractivity contribution in [3.8, 4) is 0 Å². The van der Waals surface area contributed by atoms with Crippen LogP contribution in [0.4, 0.5) is 10.5 Å². The number of carbonyl (C=O) groups excluding carboxylic acids is 1. The first-order valence-corrected chi connectivity index (χ1v) is 10.2. The van der Waals surface area contributed by atoms with Crippen LogP contribution < -0.4 is 4.90 Å². The van der Waals surface area contributed by atoms with Crippen LogP contribution in [0.25, 0.3) is 10.9 Å². The van der Waals surface area contributed by atoms with Crippen LogP contribution in [0, 0.1) is 0 Å². The monoisotopic (exact) mass is 389 g/mol. The van der Waals surface area contributed by atoms with Gasteiger partial charge in [-0.1, -0.05) is 36.4 Å². The first-order chi connectivity index (χ1) is 13.8. The third-order valence-electron chi connectivity index (χ3n) is 6.18. The Morgan fingerprint density at radius 2 is 1.79 bits per heavy atom. The minimum absolute atomic E-state index is 0.134. The fourth-order valence-electron chi connectivity index (χ4n) is 5.14. The number of nitrogens with zero attached hydrogens (tertiary/aromatic N) is 3. The molecule has 0 saturated carbocycles. The van der Waals surface area contributed by atoms with Gasteiger partial charge in [-0.05, 0) is 57.8 Å². The summed E-state index contributed by atoms with van der Waals surface area (Å²) in [6, 6.07) is 18.9. The minimum Gasteiger partial charge on any atom is -0.443 e. The first kappa shape index (κ1) is 18.3. The highest BCUT2D eigenvalue weighted by atomic mass is 16.6. The molecule has 0 bridgehead atoms. The molecule has 3 heterocycles. The van der Waals surface area contributed by atoms with Gasteiger partial charge in [0.05, 0.1) is 5.69 Å². The molecular weight excluding hydrogens is 362 g/mol. The van der Waals surface area contributed by atoms with Crippen molar-refractivity contribution in [3.63, 3.8) is 0 Å². The van der Waals surface area contributed by atoms with Crippen molar-refractivity contribution in [2.24, 2.45) is 0 Å². The lowest BCUT2D eigenvalue weighted by atomic mass is 9.88. The van der Waals surface area contributed by atoms with Gasteiger partial charge in [-0.2, -0.15) is 0 Å². The maximum absolute atomic E-state index is 13.4. The standard InChI is InChI=1S/C24H27N3O2/c1-23(2,3)29-22(28)27-20-12-8-6-10-18(20)24(14-16-25(4)21(24)27)26-15-13-17-9-5-7-11-19(17)26/h5-13,15,21H,14,16H2,1-4H3/t21-,24-/m0/s1.